The zero-order valence-electron chi connectivity index (χ0n) is 20.7. The zero-order chi connectivity index (χ0) is 24.7. The fourth-order valence-electron chi connectivity index (χ4n) is 6.87. The van der Waals surface area contributed by atoms with E-state index in [0.29, 0.717) is 30.7 Å². The molecule has 1 saturated carbocycles. The molecule has 0 aromatic carbocycles. The lowest BCUT2D eigenvalue weighted by Crippen LogP contribution is -2.46. The monoisotopic (exact) mass is 481 g/mol. The molecule has 3 heterocycles. The van der Waals surface area contributed by atoms with Crippen LogP contribution < -0.4 is 0 Å². The second-order valence-electron chi connectivity index (χ2n) is 10.8. The van der Waals surface area contributed by atoms with Gasteiger partial charge < -0.3 is 19.2 Å². The molecule has 0 bridgehead atoms. The molecule has 8 heteroatoms. The molecule has 2 amide bonds. The molecule has 5 rings (SSSR count). The third-order valence-electron chi connectivity index (χ3n) is 8.45. The standard InChI is InChI=1S/C27H36BNO6/c1-16(12-19-9-10-20(15-30)34-19)8-11-23-24-17(2)13-21-25(22(24)14-28(33)35-23)27(32)29(26(21)31)18-6-4-3-5-7-18/h9-10,12,18,21-23,25,30,33H,3-8,11,13-15H2,1-2H3/b16-12+/t21-,22+,23-,25-/m1/s1. The molecule has 4 aliphatic rings. The molecule has 1 aromatic heterocycles. The molecule has 3 fully saturated rings. The van der Waals surface area contributed by atoms with Crippen molar-refractivity contribution < 1.29 is 28.8 Å². The van der Waals surface area contributed by atoms with E-state index in [1.54, 1.807) is 11.0 Å². The number of likely N-dealkylation sites (tertiary alicyclic amines) is 1. The van der Waals surface area contributed by atoms with Crippen molar-refractivity contribution >= 4 is 25.0 Å². The van der Waals surface area contributed by atoms with Gasteiger partial charge in [-0.15, -0.1) is 0 Å². The molecule has 4 atom stereocenters. The van der Waals surface area contributed by atoms with Gasteiger partial charge in [0, 0.05) is 6.04 Å². The fraction of sp³-hybridized carbons (Fsp3) is 0.630. The number of amides is 2. The van der Waals surface area contributed by atoms with Gasteiger partial charge in [-0.2, -0.15) is 0 Å². The first-order valence-electron chi connectivity index (χ1n) is 13.1. The second kappa shape index (κ2) is 10.1. The Bertz CT molecular complexity index is 1040. The molecule has 0 unspecified atom stereocenters. The third kappa shape index (κ3) is 4.68. The normalized spacial score (nSPS) is 30.2. The summed E-state index contributed by atoms with van der Waals surface area (Å²) in [6.07, 6.45) is 9.22. The lowest BCUT2D eigenvalue weighted by molar-refractivity contribution is -0.143. The Kier molecular flexibility index (Phi) is 7.06. The number of rotatable bonds is 6. The molecule has 188 valence electrons. The first kappa shape index (κ1) is 24.5. The Morgan fingerprint density at radius 1 is 1.17 bits per heavy atom. The summed E-state index contributed by atoms with van der Waals surface area (Å²) in [5.74, 6) is 0.384. The highest BCUT2D eigenvalue weighted by atomic mass is 16.5. The molecule has 1 aromatic rings. The van der Waals surface area contributed by atoms with E-state index in [2.05, 4.69) is 6.92 Å². The van der Waals surface area contributed by atoms with Gasteiger partial charge in [-0.05, 0) is 82.0 Å². The minimum atomic E-state index is -0.937. The van der Waals surface area contributed by atoms with Crippen molar-refractivity contribution in [2.24, 2.45) is 17.8 Å². The SMILES string of the molecule is CC1=C2[C@@H](CC/C(C)=C/c3ccc(CO)o3)OB(O)C[C@@H]2[C@@H]2C(=O)N(C3CCCCC3)C(=O)[C@@H]2C1. The maximum absolute atomic E-state index is 13.6. The number of allylic oxidation sites excluding steroid dienone is 2. The maximum atomic E-state index is 13.6. The number of furan rings is 1. The van der Waals surface area contributed by atoms with Crippen LogP contribution in [0.15, 0.2) is 33.3 Å². The number of carbonyl (C=O) groups is 2. The number of aliphatic hydroxyl groups is 1. The summed E-state index contributed by atoms with van der Waals surface area (Å²) in [5, 5.41) is 19.8. The molecule has 2 N–H and O–H groups in total. The van der Waals surface area contributed by atoms with Gasteiger partial charge in [0.1, 0.15) is 18.1 Å². The van der Waals surface area contributed by atoms with Gasteiger partial charge in [0.05, 0.1) is 17.9 Å². The van der Waals surface area contributed by atoms with E-state index in [9.17, 15) is 19.7 Å². The van der Waals surface area contributed by atoms with E-state index < -0.39 is 7.12 Å². The molecule has 0 spiro atoms. The summed E-state index contributed by atoms with van der Waals surface area (Å²) >= 11 is 0. The Balaban J connectivity index is 1.34. The number of aliphatic hydroxyl groups excluding tert-OH is 1. The summed E-state index contributed by atoms with van der Waals surface area (Å²) in [7, 11) is -0.937. The van der Waals surface area contributed by atoms with E-state index >= 15 is 0 Å². The Morgan fingerprint density at radius 2 is 1.94 bits per heavy atom. The van der Waals surface area contributed by atoms with Crippen LogP contribution in [0.25, 0.3) is 6.08 Å². The highest BCUT2D eigenvalue weighted by Gasteiger charge is 2.57. The average molecular weight is 481 g/mol. The van der Waals surface area contributed by atoms with E-state index in [0.717, 1.165) is 48.8 Å². The third-order valence-corrected chi connectivity index (χ3v) is 8.45. The van der Waals surface area contributed by atoms with Crippen molar-refractivity contribution in [3.8, 4) is 0 Å². The van der Waals surface area contributed by atoms with Crippen molar-refractivity contribution in [2.45, 2.75) is 90.3 Å². The number of nitrogens with zero attached hydrogens (tertiary/aromatic N) is 1. The molecular weight excluding hydrogens is 445 g/mol. The summed E-state index contributed by atoms with van der Waals surface area (Å²) in [6.45, 7) is 3.96. The number of hydrogen-bond donors (Lipinski definition) is 2. The number of imide groups is 1. The molecule has 2 aliphatic carbocycles. The molecular formula is C27H36BNO6. The lowest BCUT2D eigenvalue weighted by atomic mass is 9.59. The Hall–Kier alpha value is -2.16. The molecule has 0 radical (unpaired) electrons. The second-order valence-corrected chi connectivity index (χ2v) is 10.8. The van der Waals surface area contributed by atoms with Gasteiger partial charge in [0.25, 0.3) is 0 Å². The van der Waals surface area contributed by atoms with Crippen molar-refractivity contribution in [2.75, 3.05) is 0 Å². The molecule has 35 heavy (non-hydrogen) atoms. The van der Waals surface area contributed by atoms with Crippen LogP contribution in [-0.2, 0) is 20.9 Å². The number of fused-ring (bicyclic) bond motifs is 3. The largest absolute Gasteiger partial charge is 0.459 e. The first-order valence-corrected chi connectivity index (χ1v) is 13.1. The maximum Gasteiger partial charge on any atom is 0.455 e. The molecule has 2 saturated heterocycles. The van der Waals surface area contributed by atoms with Crippen molar-refractivity contribution in [1.29, 1.82) is 0 Å². The molecule has 2 aliphatic heterocycles. The predicted molar refractivity (Wildman–Crippen MR) is 132 cm³/mol. The number of carbonyl (C=O) groups excluding carboxylic acids is 2. The lowest BCUT2D eigenvalue weighted by Gasteiger charge is -2.42. The van der Waals surface area contributed by atoms with E-state index in [1.165, 1.54) is 6.42 Å². The van der Waals surface area contributed by atoms with Crippen molar-refractivity contribution in [1.82, 2.24) is 4.90 Å². The van der Waals surface area contributed by atoms with Gasteiger partial charge in [-0.1, -0.05) is 30.4 Å². The van der Waals surface area contributed by atoms with Crippen LogP contribution in [0.5, 0.6) is 0 Å². The predicted octanol–water partition coefficient (Wildman–Crippen LogP) is 4.11. The quantitative estimate of drug-likeness (QED) is 0.361. The average Bonchev–Trinajstić information content (AvgIpc) is 3.39. The zero-order valence-corrected chi connectivity index (χ0v) is 20.7. The summed E-state index contributed by atoms with van der Waals surface area (Å²) in [5.41, 5.74) is 3.36. The van der Waals surface area contributed by atoms with Crippen molar-refractivity contribution in [3.63, 3.8) is 0 Å². The summed E-state index contributed by atoms with van der Waals surface area (Å²) in [6, 6.07) is 3.63. The summed E-state index contributed by atoms with van der Waals surface area (Å²) in [4.78, 5) is 28.7. The van der Waals surface area contributed by atoms with Crippen LogP contribution in [0.2, 0.25) is 6.32 Å². The van der Waals surface area contributed by atoms with Crippen LogP contribution in [0.1, 0.15) is 76.7 Å². The Morgan fingerprint density at radius 3 is 2.66 bits per heavy atom. The van der Waals surface area contributed by atoms with Gasteiger partial charge >= 0.3 is 7.12 Å². The minimum absolute atomic E-state index is 0.00213. The van der Waals surface area contributed by atoms with E-state index in [-0.39, 0.29) is 48.3 Å². The fourth-order valence-corrected chi connectivity index (χ4v) is 6.87. The first-order chi connectivity index (χ1) is 16.9. The van der Waals surface area contributed by atoms with Gasteiger partial charge in [0.15, 0.2) is 0 Å². The van der Waals surface area contributed by atoms with Crippen LogP contribution in [0, 0.1) is 17.8 Å². The highest BCUT2D eigenvalue weighted by Crippen LogP contribution is 2.51. The Labute approximate surface area is 207 Å². The van der Waals surface area contributed by atoms with Gasteiger partial charge in [0.2, 0.25) is 11.8 Å². The van der Waals surface area contributed by atoms with Crippen LogP contribution in [0.3, 0.4) is 0 Å². The van der Waals surface area contributed by atoms with E-state index in [1.807, 2.05) is 19.1 Å². The topological polar surface area (TPSA) is 100 Å². The number of hydrogen-bond acceptors (Lipinski definition) is 6. The smallest absolute Gasteiger partial charge is 0.455 e. The van der Waals surface area contributed by atoms with Gasteiger partial charge in [-0.3, -0.25) is 14.5 Å². The van der Waals surface area contributed by atoms with Crippen LogP contribution in [-0.4, -0.2) is 46.1 Å². The molecule has 7 nitrogen and oxygen atoms in total. The minimum Gasteiger partial charge on any atom is -0.459 e. The summed E-state index contributed by atoms with van der Waals surface area (Å²) < 4.78 is 11.6. The van der Waals surface area contributed by atoms with Crippen LogP contribution in [0.4, 0.5) is 0 Å². The van der Waals surface area contributed by atoms with Crippen LogP contribution >= 0.6 is 0 Å². The highest BCUT2D eigenvalue weighted by molar-refractivity contribution is 6.43. The van der Waals surface area contributed by atoms with Crippen molar-refractivity contribution in [3.05, 3.63) is 40.4 Å². The van der Waals surface area contributed by atoms with E-state index in [4.69, 9.17) is 9.07 Å². The van der Waals surface area contributed by atoms with Gasteiger partial charge in [-0.25, -0.2) is 0 Å².